The van der Waals surface area contributed by atoms with Crippen molar-refractivity contribution in [3.05, 3.63) is 0 Å². The molecule has 0 aliphatic heterocycles. The molecule has 0 rings (SSSR count). The molecule has 0 bridgehead atoms. The highest BCUT2D eigenvalue weighted by Gasteiger charge is 1.90. The Morgan fingerprint density at radius 1 is 1.33 bits per heavy atom. The Balaban J connectivity index is 4.00. The fourth-order valence-corrected chi connectivity index (χ4v) is 0.460. The quantitative estimate of drug-likeness (QED) is 0.289. The first-order valence-corrected chi connectivity index (χ1v) is 3.18. The van der Waals surface area contributed by atoms with E-state index in [4.69, 9.17) is 12.2 Å². The van der Waals surface area contributed by atoms with Crippen molar-refractivity contribution in [3.63, 3.8) is 0 Å². The largest absolute Gasteiger partial charge is 0.366 e. The maximum atomic E-state index is 4.78. The lowest BCUT2D eigenvalue weighted by molar-refractivity contribution is 0.620. The zero-order valence-electron chi connectivity index (χ0n) is 6.30. The average molecular weight is 144 g/mol. The maximum Gasteiger partial charge on any atom is 0.102 e. The highest BCUT2D eigenvalue weighted by Crippen LogP contribution is 1.84. The first-order chi connectivity index (χ1) is 4.04. The predicted molar refractivity (Wildman–Crippen MR) is 45.1 cm³/mol. The number of rotatable bonds is 0. The summed E-state index contributed by atoms with van der Waals surface area (Å²) in [6.07, 6.45) is 0. The van der Waals surface area contributed by atoms with Crippen molar-refractivity contribution in [2.24, 2.45) is 4.99 Å². The van der Waals surface area contributed by atoms with E-state index < -0.39 is 0 Å². The van der Waals surface area contributed by atoms with Crippen molar-refractivity contribution in [2.45, 2.75) is 13.8 Å². The van der Waals surface area contributed by atoms with Gasteiger partial charge in [0.15, 0.2) is 0 Å². The van der Waals surface area contributed by atoms with E-state index >= 15 is 0 Å². The molecule has 2 nitrogen and oxygen atoms in total. The summed E-state index contributed by atoms with van der Waals surface area (Å²) < 4.78 is 0. The highest BCUT2D eigenvalue weighted by molar-refractivity contribution is 7.80. The molecule has 0 heterocycles. The van der Waals surface area contributed by atoms with Gasteiger partial charge in [-0.3, -0.25) is 0 Å². The van der Waals surface area contributed by atoms with Gasteiger partial charge in [0.05, 0.1) is 0 Å². The van der Waals surface area contributed by atoms with Crippen LogP contribution in [0.5, 0.6) is 0 Å². The van der Waals surface area contributed by atoms with Crippen LogP contribution in [-0.2, 0) is 0 Å². The lowest BCUT2D eigenvalue weighted by Gasteiger charge is -2.09. The van der Waals surface area contributed by atoms with Crippen molar-refractivity contribution in [1.82, 2.24) is 4.90 Å². The number of nitrogens with zero attached hydrogens (tertiary/aromatic N) is 2. The molecule has 0 spiro atoms. The second-order valence-electron chi connectivity index (χ2n) is 2.07. The number of thiocarbonyl (C=S) groups is 1. The fourth-order valence-electron chi connectivity index (χ4n) is 0.328. The molecule has 0 fully saturated rings. The van der Waals surface area contributed by atoms with Crippen LogP contribution in [0.1, 0.15) is 13.8 Å². The molecule has 0 aromatic rings. The van der Waals surface area contributed by atoms with Crippen molar-refractivity contribution >= 4 is 23.0 Å². The van der Waals surface area contributed by atoms with Crippen molar-refractivity contribution < 1.29 is 0 Å². The number of hydrogen-bond acceptors (Lipinski definition) is 1. The third-order valence-electron chi connectivity index (χ3n) is 0.966. The SMILES string of the molecule is CC(=S)/N=C(\C)N(C)C. The van der Waals surface area contributed by atoms with Crippen LogP contribution in [0.15, 0.2) is 4.99 Å². The van der Waals surface area contributed by atoms with Gasteiger partial charge < -0.3 is 4.90 Å². The molecule has 0 radical (unpaired) electrons. The smallest absolute Gasteiger partial charge is 0.102 e. The van der Waals surface area contributed by atoms with E-state index in [2.05, 4.69) is 4.99 Å². The summed E-state index contributed by atoms with van der Waals surface area (Å²) >= 11 is 4.78. The van der Waals surface area contributed by atoms with Gasteiger partial charge >= 0.3 is 0 Å². The number of hydrogen-bond donors (Lipinski definition) is 0. The fraction of sp³-hybridized carbons (Fsp3) is 0.667. The van der Waals surface area contributed by atoms with Crippen LogP contribution in [-0.4, -0.2) is 29.8 Å². The molecule has 0 N–H and O–H groups in total. The summed E-state index contributed by atoms with van der Waals surface area (Å²) in [7, 11) is 3.88. The summed E-state index contributed by atoms with van der Waals surface area (Å²) in [6, 6.07) is 0. The molecule has 52 valence electrons. The second-order valence-corrected chi connectivity index (χ2v) is 2.66. The molecular formula is C6H12N2S. The van der Waals surface area contributed by atoms with Gasteiger partial charge in [0.2, 0.25) is 0 Å². The van der Waals surface area contributed by atoms with E-state index in [9.17, 15) is 0 Å². The normalized spacial score (nSPS) is 11.3. The van der Waals surface area contributed by atoms with E-state index in [1.54, 1.807) is 0 Å². The van der Waals surface area contributed by atoms with Gasteiger partial charge in [-0.1, -0.05) is 12.2 Å². The third kappa shape index (κ3) is 4.09. The van der Waals surface area contributed by atoms with Gasteiger partial charge in [0.25, 0.3) is 0 Å². The van der Waals surface area contributed by atoms with Gasteiger partial charge in [-0.2, -0.15) is 0 Å². The van der Waals surface area contributed by atoms with Gasteiger partial charge in [-0.05, 0) is 13.8 Å². The lowest BCUT2D eigenvalue weighted by Crippen LogP contribution is -2.18. The second kappa shape index (κ2) is 3.56. The van der Waals surface area contributed by atoms with Crippen LogP contribution < -0.4 is 0 Å². The number of amidine groups is 1. The van der Waals surface area contributed by atoms with Gasteiger partial charge in [0.1, 0.15) is 10.8 Å². The Morgan fingerprint density at radius 2 is 1.78 bits per heavy atom. The van der Waals surface area contributed by atoms with Crippen LogP contribution in [0.4, 0.5) is 0 Å². The number of aliphatic imine (C=N–C) groups is 1. The van der Waals surface area contributed by atoms with E-state index in [1.807, 2.05) is 32.8 Å². The Bertz CT molecular complexity index is 138. The summed E-state index contributed by atoms with van der Waals surface area (Å²) in [5, 5.41) is 0. The van der Waals surface area contributed by atoms with Gasteiger partial charge in [-0.15, -0.1) is 0 Å². The van der Waals surface area contributed by atoms with E-state index in [0.717, 1.165) is 5.84 Å². The Labute approximate surface area is 61.6 Å². The first kappa shape index (κ1) is 8.56. The molecule has 9 heavy (non-hydrogen) atoms. The minimum absolute atomic E-state index is 0.682. The molecule has 0 aromatic heterocycles. The molecule has 0 amide bonds. The molecule has 0 unspecified atom stereocenters. The third-order valence-corrected chi connectivity index (χ3v) is 1.06. The van der Waals surface area contributed by atoms with E-state index in [-0.39, 0.29) is 0 Å². The molecule has 0 aromatic carbocycles. The molecule has 0 aliphatic rings. The standard InChI is InChI=1S/C6H12N2S/c1-5(8(3)4)7-6(2)9/h1-4H3/b7-5+. The lowest BCUT2D eigenvalue weighted by atomic mass is 10.6. The summed E-state index contributed by atoms with van der Waals surface area (Å²) in [6.45, 7) is 3.73. The Hall–Kier alpha value is -0.440. The van der Waals surface area contributed by atoms with Crippen molar-refractivity contribution in [3.8, 4) is 0 Å². The summed E-state index contributed by atoms with van der Waals surface area (Å²) in [4.78, 5) is 6.66. The zero-order valence-corrected chi connectivity index (χ0v) is 7.12. The Kier molecular flexibility index (Phi) is 3.39. The molecule has 0 saturated carbocycles. The minimum atomic E-state index is 0.682. The molecule has 0 aliphatic carbocycles. The van der Waals surface area contributed by atoms with Crippen LogP contribution in [0.2, 0.25) is 0 Å². The summed E-state index contributed by atoms with van der Waals surface area (Å²) in [5.41, 5.74) is 0. The van der Waals surface area contributed by atoms with E-state index in [1.165, 1.54) is 0 Å². The topological polar surface area (TPSA) is 15.6 Å². The van der Waals surface area contributed by atoms with Crippen LogP contribution in [0, 0.1) is 0 Å². The summed E-state index contributed by atoms with van der Waals surface area (Å²) in [5.74, 6) is 0.947. The molecule has 0 saturated heterocycles. The van der Waals surface area contributed by atoms with Gasteiger partial charge in [0, 0.05) is 14.1 Å². The van der Waals surface area contributed by atoms with Crippen LogP contribution >= 0.6 is 12.2 Å². The van der Waals surface area contributed by atoms with Crippen LogP contribution in [0.3, 0.4) is 0 Å². The average Bonchev–Trinajstić information content (AvgIpc) is 1.63. The molecular weight excluding hydrogens is 132 g/mol. The predicted octanol–water partition coefficient (Wildman–Crippen LogP) is 1.31. The monoisotopic (exact) mass is 144 g/mol. The molecule has 0 atom stereocenters. The molecule has 3 heteroatoms. The van der Waals surface area contributed by atoms with Crippen molar-refractivity contribution in [1.29, 1.82) is 0 Å². The van der Waals surface area contributed by atoms with Crippen molar-refractivity contribution in [2.75, 3.05) is 14.1 Å². The minimum Gasteiger partial charge on any atom is -0.366 e. The van der Waals surface area contributed by atoms with Crippen LogP contribution in [0.25, 0.3) is 0 Å². The maximum absolute atomic E-state index is 4.78. The van der Waals surface area contributed by atoms with E-state index in [0.29, 0.717) is 4.99 Å². The Morgan fingerprint density at radius 3 is 1.89 bits per heavy atom. The first-order valence-electron chi connectivity index (χ1n) is 2.77. The van der Waals surface area contributed by atoms with Gasteiger partial charge in [-0.25, -0.2) is 4.99 Å². The zero-order chi connectivity index (χ0) is 7.44. The highest BCUT2D eigenvalue weighted by atomic mass is 32.1.